The molecule has 5 nitrogen and oxygen atoms in total. The van der Waals surface area contributed by atoms with E-state index in [4.69, 9.17) is 4.74 Å². The van der Waals surface area contributed by atoms with Gasteiger partial charge in [0.1, 0.15) is 0 Å². The Morgan fingerprint density at radius 1 is 1.29 bits per heavy atom. The van der Waals surface area contributed by atoms with Crippen molar-refractivity contribution >= 4 is 59.6 Å². The first kappa shape index (κ1) is 17.8. The Bertz CT molecular complexity index is 1010. The average Bonchev–Trinajstić information content (AvgIpc) is 2.81. The summed E-state index contributed by atoms with van der Waals surface area (Å²) in [6.07, 6.45) is 1.59. The van der Waals surface area contributed by atoms with Crippen molar-refractivity contribution in [2.24, 2.45) is 0 Å². The number of benzene rings is 1. The standard InChI is InChI=1S/C16H14BrIN2O3S/c1-10-3-5-12(6-4-10)24(21,22)20-14(9-23-2)15(18)13-7-11(17)8-19-16(13)20/h3-8H,9H2,1-2H3. The SMILES string of the molecule is COCc1c(I)c2cc(Br)cnc2n1S(=O)(=O)c1ccc(C)cc1. The van der Waals surface area contributed by atoms with Crippen molar-refractivity contribution < 1.29 is 13.2 Å². The van der Waals surface area contributed by atoms with E-state index < -0.39 is 10.0 Å². The van der Waals surface area contributed by atoms with Crippen LogP contribution >= 0.6 is 38.5 Å². The van der Waals surface area contributed by atoms with E-state index in [2.05, 4.69) is 43.5 Å². The molecule has 24 heavy (non-hydrogen) atoms. The lowest BCUT2D eigenvalue weighted by atomic mass is 10.2. The molecule has 126 valence electrons. The highest BCUT2D eigenvalue weighted by atomic mass is 127. The van der Waals surface area contributed by atoms with E-state index in [9.17, 15) is 8.42 Å². The largest absolute Gasteiger partial charge is 0.378 e. The van der Waals surface area contributed by atoms with Crippen molar-refractivity contribution in [3.63, 3.8) is 0 Å². The minimum Gasteiger partial charge on any atom is -0.378 e. The first-order valence-corrected chi connectivity index (χ1v) is 10.3. The number of hydrogen-bond acceptors (Lipinski definition) is 4. The first-order valence-electron chi connectivity index (χ1n) is 7.01. The van der Waals surface area contributed by atoms with E-state index in [-0.39, 0.29) is 11.5 Å². The van der Waals surface area contributed by atoms with Crippen molar-refractivity contribution in [1.82, 2.24) is 8.96 Å². The molecule has 0 radical (unpaired) electrons. The van der Waals surface area contributed by atoms with Crippen molar-refractivity contribution in [2.45, 2.75) is 18.4 Å². The normalized spacial score (nSPS) is 12.0. The van der Waals surface area contributed by atoms with Gasteiger partial charge in [-0.1, -0.05) is 17.7 Å². The lowest BCUT2D eigenvalue weighted by Crippen LogP contribution is -2.17. The molecule has 2 heterocycles. The third-order valence-electron chi connectivity index (χ3n) is 3.60. The van der Waals surface area contributed by atoms with Crippen LogP contribution in [0.25, 0.3) is 11.0 Å². The Morgan fingerprint density at radius 2 is 1.96 bits per heavy atom. The zero-order valence-electron chi connectivity index (χ0n) is 13.0. The van der Waals surface area contributed by atoms with Crippen LogP contribution in [0.15, 0.2) is 45.9 Å². The van der Waals surface area contributed by atoms with Gasteiger partial charge < -0.3 is 4.74 Å². The first-order chi connectivity index (χ1) is 11.4. The number of aryl methyl sites for hydroxylation is 1. The number of halogens is 2. The molecule has 0 bridgehead atoms. The summed E-state index contributed by atoms with van der Waals surface area (Å²) in [4.78, 5) is 4.56. The van der Waals surface area contributed by atoms with Gasteiger partial charge in [-0.2, -0.15) is 0 Å². The lowest BCUT2D eigenvalue weighted by molar-refractivity contribution is 0.180. The molecule has 0 atom stereocenters. The fourth-order valence-electron chi connectivity index (χ4n) is 2.46. The van der Waals surface area contributed by atoms with Gasteiger partial charge in [0.2, 0.25) is 0 Å². The van der Waals surface area contributed by atoms with Gasteiger partial charge >= 0.3 is 0 Å². The minimum atomic E-state index is -3.77. The van der Waals surface area contributed by atoms with E-state index in [0.717, 1.165) is 19.0 Å². The molecule has 0 unspecified atom stereocenters. The van der Waals surface area contributed by atoms with Crippen LogP contribution in [0.3, 0.4) is 0 Å². The maximum Gasteiger partial charge on any atom is 0.269 e. The van der Waals surface area contributed by atoms with E-state index in [1.54, 1.807) is 37.6 Å². The molecule has 0 fully saturated rings. The summed E-state index contributed by atoms with van der Waals surface area (Å²) in [6, 6.07) is 8.65. The van der Waals surface area contributed by atoms with Gasteiger partial charge in [-0.15, -0.1) is 0 Å². The molecule has 0 aliphatic carbocycles. The molecular formula is C16H14BrIN2O3S. The van der Waals surface area contributed by atoms with E-state index in [0.29, 0.717) is 11.3 Å². The van der Waals surface area contributed by atoms with Gasteiger partial charge in [0.15, 0.2) is 5.65 Å². The zero-order chi connectivity index (χ0) is 17.5. The predicted molar refractivity (Wildman–Crippen MR) is 105 cm³/mol. The number of methoxy groups -OCH3 is 1. The number of pyridine rings is 1. The molecule has 8 heteroatoms. The number of aromatic nitrogens is 2. The highest BCUT2D eigenvalue weighted by Gasteiger charge is 2.27. The van der Waals surface area contributed by atoms with Crippen LogP contribution < -0.4 is 0 Å². The van der Waals surface area contributed by atoms with Crippen molar-refractivity contribution in [3.8, 4) is 0 Å². The summed E-state index contributed by atoms with van der Waals surface area (Å²) in [5.41, 5.74) is 1.97. The van der Waals surface area contributed by atoms with Gasteiger partial charge in [0.25, 0.3) is 10.0 Å². The van der Waals surface area contributed by atoms with Crippen molar-refractivity contribution in [3.05, 3.63) is 55.8 Å². The Morgan fingerprint density at radius 3 is 2.58 bits per heavy atom. The van der Waals surface area contributed by atoms with E-state index in [1.165, 1.54) is 3.97 Å². The summed E-state index contributed by atoms with van der Waals surface area (Å²) >= 11 is 5.53. The van der Waals surface area contributed by atoms with Crippen LogP contribution in [0, 0.1) is 10.5 Å². The number of hydrogen-bond donors (Lipinski definition) is 0. The highest BCUT2D eigenvalue weighted by molar-refractivity contribution is 14.1. The molecule has 0 amide bonds. The van der Waals surface area contributed by atoms with Crippen LogP contribution in [0.4, 0.5) is 0 Å². The molecule has 0 saturated carbocycles. The monoisotopic (exact) mass is 520 g/mol. The third-order valence-corrected chi connectivity index (χ3v) is 6.98. The van der Waals surface area contributed by atoms with Gasteiger partial charge in [-0.3, -0.25) is 0 Å². The molecule has 3 rings (SSSR count). The molecule has 0 aliphatic heterocycles. The fourth-order valence-corrected chi connectivity index (χ4v) is 5.25. The van der Waals surface area contributed by atoms with Gasteiger partial charge in [0.05, 0.1) is 17.2 Å². The predicted octanol–water partition coefficient (Wildman–Crippen LogP) is 4.10. The lowest BCUT2D eigenvalue weighted by Gasteiger charge is -2.11. The Kier molecular flexibility index (Phi) is 5.01. The second-order valence-electron chi connectivity index (χ2n) is 5.30. The highest BCUT2D eigenvalue weighted by Crippen LogP contribution is 2.32. The molecule has 2 aromatic heterocycles. The van der Waals surface area contributed by atoms with Crippen LogP contribution in [-0.2, 0) is 21.4 Å². The number of ether oxygens (including phenoxy) is 1. The molecule has 0 N–H and O–H groups in total. The maximum absolute atomic E-state index is 13.2. The van der Waals surface area contributed by atoms with Crippen LogP contribution in [-0.4, -0.2) is 24.5 Å². The summed E-state index contributed by atoms with van der Waals surface area (Å²) in [5, 5.41) is 0.771. The second-order valence-corrected chi connectivity index (χ2v) is 9.08. The number of rotatable bonds is 4. The summed E-state index contributed by atoms with van der Waals surface area (Å²) < 4.78 is 34.5. The number of fused-ring (bicyclic) bond motifs is 1. The molecule has 0 saturated heterocycles. The Balaban J connectivity index is 2.35. The summed E-state index contributed by atoms with van der Waals surface area (Å²) in [5.74, 6) is 0. The van der Waals surface area contributed by atoms with E-state index in [1.807, 2.05) is 13.0 Å². The third kappa shape index (κ3) is 3.00. The molecule has 1 aromatic carbocycles. The zero-order valence-corrected chi connectivity index (χ0v) is 17.5. The topological polar surface area (TPSA) is 61.2 Å². The molecule has 0 spiro atoms. The van der Waals surface area contributed by atoms with Crippen LogP contribution in [0.5, 0.6) is 0 Å². The second kappa shape index (κ2) is 6.74. The van der Waals surface area contributed by atoms with Crippen molar-refractivity contribution in [2.75, 3.05) is 7.11 Å². The van der Waals surface area contributed by atoms with Crippen LogP contribution in [0.1, 0.15) is 11.3 Å². The Hall–Kier alpha value is -0.970. The van der Waals surface area contributed by atoms with E-state index >= 15 is 0 Å². The molecule has 0 aliphatic rings. The molecule has 3 aromatic rings. The van der Waals surface area contributed by atoms with Crippen LogP contribution in [0.2, 0.25) is 0 Å². The summed E-state index contributed by atoms with van der Waals surface area (Å²) in [6.45, 7) is 2.09. The minimum absolute atomic E-state index is 0.178. The maximum atomic E-state index is 13.2. The fraction of sp³-hybridized carbons (Fsp3) is 0.188. The van der Waals surface area contributed by atoms with Gasteiger partial charge in [-0.05, 0) is 63.6 Å². The number of nitrogens with zero attached hydrogens (tertiary/aromatic N) is 2. The quantitative estimate of drug-likeness (QED) is 0.486. The smallest absolute Gasteiger partial charge is 0.269 e. The average molecular weight is 521 g/mol. The van der Waals surface area contributed by atoms with Crippen molar-refractivity contribution in [1.29, 1.82) is 0 Å². The summed E-state index contributed by atoms with van der Waals surface area (Å²) in [7, 11) is -2.23. The molecular weight excluding hydrogens is 507 g/mol. The van der Waals surface area contributed by atoms with Gasteiger partial charge in [-0.25, -0.2) is 17.4 Å². The Labute approximate surface area is 162 Å². The van der Waals surface area contributed by atoms with Gasteiger partial charge in [0, 0.05) is 26.7 Å².